The Kier molecular flexibility index (Phi) is 2.79. The van der Waals surface area contributed by atoms with Gasteiger partial charge in [0.25, 0.3) is 0 Å². The van der Waals surface area contributed by atoms with Gasteiger partial charge in [-0.15, -0.1) is 0 Å². The Morgan fingerprint density at radius 3 is 2.19 bits per heavy atom. The van der Waals surface area contributed by atoms with Crippen molar-refractivity contribution in [3.05, 3.63) is 45.3 Å². The van der Waals surface area contributed by atoms with E-state index in [9.17, 15) is 27.2 Å². The minimum Gasteiger partial charge on any atom is -0.477 e. The Bertz CT molecular complexity index is 855. The van der Waals surface area contributed by atoms with E-state index in [0.29, 0.717) is 12.8 Å². The van der Waals surface area contributed by atoms with E-state index in [-0.39, 0.29) is 6.04 Å². The molecule has 1 aliphatic carbocycles. The average molecular weight is 301 g/mol. The largest absolute Gasteiger partial charge is 0.477 e. The third-order valence-electron chi connectivity index (χ3n) is 3.41. The second kappa shape index (κ2) is 4.31. The lowest BCUT2D eigenvalue weighted by Gasteiger charge is -2.13. The molecule has 0 saturated heterocycles. The molecule has 1 aromatic heterocycles. The van der Waals surface area contributed by atoms with Crippen LogP contribution < -0.4 is 5.43 Å². The first-order valence-corrected chi connectivity index (χ1v) is 5.98. The summed E-state index contributed by atoms with van der Waals surface area (Å²) in [5.41, 5.74) is -2.95. The molecule has 1 heterocycles. The Hall–Kier alpha value is -2.38. The topological polar surface area (TPSA) is 59.3 Å². The van der Waals surface area contributed by atoms with Gasteiger partial charge in [-0.1, -0.05) is 0 Å². The lowest BCUT2D eigenvalue weighted by atomic mass is 10.1. The highest BCUT2D eigenvalue weighted by molar-refractivity contribution is 5.93. The third-order valence-corrected chi connectivity index (χ3v) is 3.41. The van der Waals surface area contributed by atoms with Gasteiger partial charge in [0.2, 0.25) is 5.43 Å². The van der Waals surface area contributed by atoms with Crippen LogP contribution in [0.3, 0.4) is 0 Å². The molecular weight excluding hydrogens is 294 g/mol. The van der Waals surface area contributed by atoms with Gasteiger partial charge in [0, 0.05) is 12.2 Å². The number of fused-ring (bicyclic) bond motifs is 1. The van der Waals surface area contributed by atoms with E-state index in [4.69, 9.17) is 5.11 Å². The van der Waals surface area contributed by atoms with Crippen molar-refractivity contribution in [3.8, 4) is 0 Å². The summed E-state index contributed by atoms with van der Waals surface area (Å²) in [6.45, 7) is 0. The number of carbonyl (C=O) groups is 1. The molecule has 110 valence electrons. The predicted molar refractivity (Wildman–Crippen MR) is 63.3 cm³/mol. The van der Waals surface area contributed by atoms with Crippen molar-refractivity contribution in [2.75, 3.05) is 0 Å². The number of rotatable bonds is 2. The predicted octanol–water partition coefficient (Wildman–Crippen LogP) is 2.59. The van der Waals surface area contributed by atoms with Crippen LogP contribution in [0, 0.1) is 23.3 Å². The number of carboxylic acids is 1. The molecule has 21 heavy (non-hydrogen) atoms. The highest BCUT2D eigenvalue weighted by Gasteiger charge is 2.32. The van der Waals surface area contributed by atoms with Crippen molar-refractivity contribution in [1.82, 2.24) is 4.57 Å². The number of pyridine rings is 1. The molecule has 0 bridgehead atoms. The van der Waals surface area contributed by atoms with Crippen molar-refractivity contribution in [1.29, 1.82) is 0 Å². The van der Waals surface area contributed by atoms with Crippen molar-refractivity contribution in [2.24, 2.45) is 0 Å². The molecule has 0 spiro atoms. The average Bonchev–Trinajstić information content (AvgIpc) is 3.26. The first kappa shape index (κ1) is 13.6. The fourth-order valence-corrected chi connectivity index (χ4v) is 2.26. The molecule has 4 nitrogen and oxygen atoms in total. The molecule has 0 radical (unpaired) electrons. The van der Waals surface area contributed by atoms with Crippen LogP contribution in [-0.2, 0) is 0 Å². The van der Waals surface area contributed by atoms with Crippen LogP contribution in [-0.4, -0.2) is 15.6 Å². The van der Waals surface area contributed by atoms with E-state index in [0.717, 1.165) is 10.8 Å². The summed E-state index contributed by atoms with van der Waals surface area (Å²) in [6, 6.07) is -0.370. The molecule has 8 heteroatoms. The van der Waals surface area contributed by atoms with Crippen molar-refractivity contribution in [3.63, 3.8) is 0 Å². The molecule has 1 aromatic carbocycles. The zero-order valence-electron chi connectivity index (χ0n) is 10.3. The molecule has 1 fully saturated rings. The molecule has 0 unspecified atom stereocenters. The highest BCUT2D eigenvalue weighted by Crippen LogP contribution is 2.38. The van der Waals surface area contributed by atoms with Crippen LogP contribution in [0.4, 0.5) is 17.6 Å². The SMILES string of the molecule is O=C(O)c1cn(C2CC2)c2c(F)c(F)c(F)c(F)c2c1=O. The van der Waals surface area contributed by atoms with Gasteiger partial charge in [-0.05, 0) is 12.8 Å². The minimum atomic E-state index is -2.14. The molecular formula is C13H7F4NO3. The van der Waals surface area contributed by atoms with Crippen LogP contribution in [0.2, 0.25) is 0 Å². The van der Waals surface area contributed by atoms with Gasteiger partial charge in [0.15, 0.2) is 23.3 Å². The van der Waals surface area contributed by atoms with Gasteiger partial charge >= 0.3 is 5.97 Å². The number of benzene rings is 1. The fourth-order valence-electron chi connectivity index (χ4n) is 2.26. The van der Waals surface area contributed by atoms with Crippen LogP contribution in [0.5, 0.6) is 0 Å². The number of aromatic nitrogens is 1. The quantitative estimate of drug-likeness (QED) is 0.527. The number of hydrogen-bond acceptors (Lipinski definition) is 2. The maximum atomic E-state index is 13.9. The molecule has 3 rings (SSSR count). The van der Waals surface area contributed by atoms with E-state index in [1.54, 1.807) is 0 Å². The zero-order valence-corrected chi connectivity index (χ0v) is 10.3. The smallest absolute Gasteiger partial charge is 0.341 e. The Balaban J connectivity index is 2.59. The van der Waals surface area contributed by atoms with Gasteiger partial charge in [0.1, 0.15) is 5.56 Å². The summed E-state index contributed by atoms with van der Waals surface area (Å²) in [4.78, 5) is 22.9. The first-order valence-electron chi connectivity index (χ1n) is 5.98. The Morgan fingerprint density at radius 1 is 1.10 bits per heavy atom. The minimum absolute atomic E-state index is 0.370. The molecule has 0 aliphatic heterocycles. The molecule has 1 saturated carbocycles. The van der Waals surface area contributed by atoms with Crippen molar-refractivity contribution < 1.29 is 27.5 Å². The number of carboxylic acid groups (broad SMARTS) is 1. The van der Waals surface area contributed by atoms with Gasteiger partial charge in [-0.2, -0.15) is 0 Å². The maximum Gasteiger partial charge on any atom is 0.341 e. The number of nitrogens with zero attached hydrogens (tertiary/aromatic N) is 1. The van der Waals surface area contributed by atoms with Crippen LogP contribution in [0.15, 0.2) is 11.0 Å². The van der Waals surface area contributed by atoms with E-state index in [1.807, 2.05) is 0 Å². The normalized spacial score (nSPS) is 14.7. The summed E-state index contributed by atoms with van der Waals surface area (Å²) in [7, 11) is 0. The molecule has 0 atom stereocenters. The Labute approximate surface area is 114 Å². The van der Waals surface area contributed by atoms with E-state index < -0.39 is 51.1 Å². The number of halogens is 4. The monoisotopic (exact) mass is 301 g/mol. The van der Waals surface area contributed by atoms with Crippen molar-refractivity contribution >= 4 is 16.9 Å². The van der Waals surface area contributed by atoms with Crippen LogP contribution in [0.25, 0.3) is 10.9 Å². The number of aromatic carboxylic acids is 1. The van der Waals surface area contributed by atoms with Gasteiger partial charge < -0.3 is 9.67 Å². The Morgan fingerprint density at radius 2 is 1.67 bits per heavy atom. The molecule has 1 N–H and O–H groups in total. The standard InChI is InChI=1S/C13H7F4NO3/c14-7-6-11(10(17)9(16)8(7)15)18(4-1-2-4)3-5(12(6)19)13(20)21/h3-4H,1-2H2,(H,20,21). The lowest BCUT2D eigenvalue weighted by molar-refractivity contribution is 0.0695. The second-order valence-corrected chi connectivity index (χ2v) is 4.80. The van der Waals surface area contributed by atoms with Crippen LogP contribution in [0.1, 0.15) is 29.2 Å². The zero-order chi connectivity index (χ0) is 15.5. The van der Waals surface area contributed by atoms with E-state index in [2.05, 4.69) is 0 Å². The van der Waals surface area contributed by atoms with Gasteiger partial charge in [0.05, 0.1) is 10.9 Å². The first-order chi connectivity index (χ1) is 9.84. The third kappa shape index (κ3) is 1.82. The summed E-state index contributed by atoms with van der Waals surface area (Å²) < 4.78 is 55.4. The molecule has 1 aliphatic rings. The van der Waals surface area contributed by atoms with Gasteiger partial charge in [-0.3, -0.25) is 4.79 Å². The highest BCUT2D eigenvalue weighted by atomic mass is 19.2. The fraction of sp³-hybridized carbons (Fsp3) is 0.231. The summed E-state index contributed by atoms with van der Waals surface area (Å²) >= 11 is 0. The number of hydrogen-bond donors (Lipinski definition) is 1. The summed E-state index contributed by atoms with van der Waals surface area (Å²) in [5.74, 6) is -9.41. The van der Waals surface area contributed by atoms with E-state index >= 15 is 0 Å². The van der Waals surface area contributed by atoms with Gasteiger partial charge in [-0.25, -0.2) is 22.4 Å². The lowest BCUT2D eigenvalue weighted by Crippen LogP contribution is -2.21. The summed E-state index contributed by atoms with van der Waals surface area (Å²) in [5, 5.41) is 7.85. The molecule has 2 aromatic rings. The summed E-state index contributed by atoms with van der Waals surface area (Å²) in [6.07, 6.45) is 1.92. The maximum absolute atomic E-state index is 13.9. The van der Waals surface area contributed by atoms with E-state index in [1.165, 1.54) is 0 Å². The molecule has 0 amide bonds. The van der Waals surface area contributed by atoms with Crippen molar-refractivity contribution in [2.45, 2.75) is 18.9 Å². The van der Waals surface area contributed by atoms with Crippen LogP contribution >= 0.6 is 0 Å². The second-order valence-electron chi connectivity index (χ2n) is 4.80.